The van der Waals surface area contributed by atoms with E-state index < -0.39 is 5.54 Å². The van der Waals surface area contributed by atoms with Crippen molar-refractivity contribution in [2.24, 2.45) is 5.73 Å². The molecule has 1 aromatic rings. The van der Waals surface area contributed by atoms with E-state index in [0.29, 0.717) is 12.8 Å². The van der Waals surface area contributed by atoms with Gasteiger partial charge in [0.15, 0.2) is 0 Å². The second kappa shape index (κ2) is 6.48. The fourth-order valence-corrected chi connectivity index (χ4v) is 2.86. The summed E-state index contributed by atoms with van der Waals surface area (Å²) < 4.78 is 0. The maximum atomic E-state index is 12.6. The highest BCUT2D eigenvalue weighted by atomic mass is 16.2. The van der Waals surface area contributed by atoms with Crippen molar-refractivity contribution in [2.75, 3.05) is 31.1 Å². The van der Waals surface area contributed by atoms with E-state index in [1.807, 2.05) is 18.7 Å². The second-order valence-electron chi connectivity index (χ2n) is 5.98. The Hall–Kier alpha value is -1.55. The van der Waals surface area contributed by atoms with Crippen LogP contribution in [0.5, 0.6) is 0 Å². The molecule has 116 valence electrons. The van der Waals surface area contributed by atoms with Crippen LogP contribution in [0.4, 0.5) is 5.69 Å². The van der Waals surface area contributed by atoms with Crippen LogP contribution in [-0.2, 0) is 4.79 Å². The molecule has 0 saturated carbocycles. The minimum atomic E-state index is -0.689. The highest BCUT2D eigenvalue weighted by Crippen LogP contribution is 2.20. The monoisotopic (exact) mass is 289 g/mol. The normalized spacial score (nSPS) is 16.2. The molecule has 1 saturated heterocycles. The van der Waals surface area contributed by atoms with Crippen LogP contribution in [0.1, 0.15) is 32.3 Å². The van der Waals surface area contributed by atoms with E-state index in [1.54, 1.807) is 0 Å². The number of nitrogens with two attached hydrogens (primary N) is 1. The van der Waals surface area contributed by atoms with Crippen LogP contribution in [-0.4, -0.2) is 42.5 Å². The Morgan fingerprint density at radius 2 is 1.81 bits per heavy atom. The van der Waals surface area contributed by atoms with Crippen LogP contribution in [0.25, 0.3) is 0 Å². The Kier molecular flexibility index (Phi) is 4.88. The van der Waals surface area contributed by atoms with Gasteiger partial charge >= 0.3 is 0 Å². The van der Waals surface area contributed by atoms with Gasteiger partial charge in [-0.3, -0.25) is 4.79 Å². The summed E-state index contributed by atoms with van der Waals surface area (Å²) >= 11 is 0. The molecule has 2 N–H and O–H groups in total. The zero-order valence-corrected chi connectivity index (χ0v) is 13.4. The van der Waals surface area contributed by atoms with Gasteiger partial charge in [-0.1, -0.05) is 26.0 Å². The number of carbonyl (C=O) groups is 1. The first-order valence-electron chi connectivity index (χ1n) is 7.90. The average Bonchev–Trinajstić information content (AvgIpc) is 2.53. The molecule has 1 aliphatic heterocycles. The third-order valence-electron chi connectivity index (χ3n) is 4.62. The van der Waals surface area contributed by atoms with Crippen LogP contribution in [0, 0.1) is 6.92 Å². The molecule has 1 heterocycles. The van der Waals surface area contributed by atoms with E-state index in [0.717, 1.165) is 26.2 Å². The summed E-state index contributed by atoms with van der Waals surface area (Å²) in [6.07, 6.45) is 1.39. The molecule has 4 heteroatoms. The summed E-state index contributed by atoms with van der Waals surface area (Å²) in [7, 11) is 0. The number of hydrogen-bond acceptors (Lipinski definition) is 3. The summed E-state index contributed by atoms with van der Waals surface area (Å²) in [5.74, 6) is 0.108. The van der Waals surface area contributed by atoms with Gasteiger partial charge in [0.1, 0.15) is 0 Å². The van der Waals surface area contributed by atoms with Crippen molar-refractivity contribution in [1.82, 2.24) is 4.90 Å². The molecule has 0 aliphatic carbocycles. The molecule has 0 radical (unpaired) electrons. The van der Waals surface area contributed by atoms with Crippen molar-refractivity contribution in [3.8, 4) is 0 Å². The first-order valence-corrected chi connectivity index (χ1v) is 7.90. The number of carbonyl (C=O) groups excluding carboxylic acids is 1. The van der Waals surface area contributed by atoms with Crippen LogP contribution >= 0.6 is 0 Å². The zero-order valence-electron chi connectivity index (χ0n) is 13.4. The Balaban J connectivity index is 1.99. The summed E-state index contributed by atoms with van der Waals surface area (Å²) in [6.45, 7) is 9.35. The third-order valence-corrected chi connectivity index (χ3v) is 4.62. The predicted molar refractivity (Wildman–Crippen MR) is 87.5 cm³/mol. The van der Waals surface area contributed by atoms with Crippen molar-refractivity contribution in [3.63, 3.8) is 0 Å². The van der Waals surface area contributed by atoms with Gasteiger partial charge in [0, 0.05) is 31.9 Å². The first kappa shape index (κ1) is 15.8. The Morgan fingerprint density at radius 1 is 1.19 bits per heavy atom. The van der Waals surface area contributed by atoms with E-state index in [4.69, 9.17) is 5.73 Å². The van der Waals surface area contributed by atoms with Crippen molar-refractivity contribution in [2.45, 2.75) is 39.2 Å². The van der Waals surface area contributed by atoms with E-state index in [-0.39, 0.29) is 5.91 Å². The molecule has 1 aliphatic rings. The number of aryl methyl sites for hydroxylation is 1. The van der Waals surface area contributed by atoms with Crippen molar-refractivity contribution in [1.29, 1.82) is 0 Å². The van der Waals surface area contributed by atoms with Crippen molar-refractivity contribution >= 4 is 11.6 Å². The van der Waals surface area contributed by atoms with Crippen molar-refractivity contribution in [3.05, 3.63) is 29.8 Å². The highest BCUT2D eigenvalue weighted by molar-refractivity contribution is 5.86. The molecule has 1 aromatic carbocycles. The summed E-state index contributed by atoms with van der Waals surface area (Å²) in [6, 6.07) is 8.52. The minimum Gasteiger partial charge on any atom is -0.368 e. The number of rotatable bonds is 4. The fourth-order valence-electron chi connectivity index (χ4n) is 2.86. The SMILES string of the molecule is CCC(N)(CC)C(=O)N1CCN(c2cccc(C)c2)CC1. The summed E-state index contributed by atoms with van der Waals surface area (Å²) in [5.41, 5.74) is 8.05. The molecule has 0 unspecified atom stereocenters. The Morgan fingerprint density at radius 3 is 2.33 bits per heavy atom. The maximum Gasteiger partial charge on any atom is 0.242 e. The molecule has 0 aromatic heterocycles. The van der Waals surface area contributed by atoms with E-state index in [9.17, 15) is 4.79 Å². The Labute approximate surface area is 127 Å². The van der Waals surface area contributed by atoms with Gasteiger partial charge in [-0.2, -0.15) is 0 Å². The topological polar surface area (TPSA) is 49.6 Å². The summed E-state index contributed by atoms with van der Waals surface area (Å²) in [5, 5.41) is 0. The molecule has 0 bridgehead atoms. The molecule has 0 spiro atoms. The third kappa shape index (κ3) is 3.38. The van der Waals surface area contributed by atoms with E-state index in [1.165, 1.54) is 11.3 Å². The van der Waals surface area contributed by atoms with Crippen LogP contribution < -0.4 is 10.6 Å². The zero-order chi connectivity index (χ0) is 15.5. The van der Waals surface area contributed by atoms with Crippen LogP contribution in [0.2, 0.25) is 0 Å². The van der Waals surface area contributed by atoms with Gasteiger partial charge in [-0.05, 0) is 37.5 Å². The Bertz CT molecular complexity index is 489. The number of anilines is 1. The molecular formula is C17H27N3O. The van der Waals surface area contributed by atoms with Gasteiger partial charge in [0.05, 0.1) is 5.54 Å². The molecule has 0 atom stereocenters. The van der Waals surface area contributed by atoms with Crippen LogP contribution in [0.15, 0.2) is 24.3 Å². The van der Waals surface area contributed by atoms with Gasteiger partial charge in [-0.25, -0.2) is 0 Å². The van der Waals surface area contributed by atoms with Gasteiger partial charge in [0.2, 0.25) is 5.91 Å². The van der Waals surface area contributed by atoms with Gasteiger partial charge in [-0.15, -0.1) is 0 Å². The minimum absolute atomic E-state index is 0.108. The summed E-state index contributed by atoms with van der Waals surface area (Å²) in [4.78, 5) is 16.8. The standard InChI is InChI=1S/C17H27N3O/c1-4-17(18,5-2)16(21)20-11-9-19(10-12-20)15-8-6-7-14(3)13-15/h6-8,13H,4-5,9-12,18H2,1-3H3. The van der Waals surface area contributed by atoms with Crippen molar-refractivity contribution < 1.29 is 4.79 Å². The lowest BCUT2D eigenvalue weighted by atomic mass is 9.92. The van der Waals surface area contributed by atoms with E-state index in [2.05, 4.69) is 36.1 Å². The van der Waals surface area contributed by atoms with Gasteiger partial charge < -0.3 is 15.5 Å². The average molecular weight is 289 g/mol. The molecule has 4 nitrogen and oxygen atoms in total. The smallest absolute Gasteiger partial charge is 0.242 e. The molecule has 2 rings (SSSR count). The second-order valence-corrected chi connectivity index (χ2v) is 5.98. The number of nitrogens with zero attached hydrogens (tertiary/aromatic N) is 2. The highest BCUT2D eigenvalue weighted by Gasteiger charge is 2.35. The fraction of sp³-hybridized carbons (Fsp3) is 0.588. The number of benzene rings is 1. The molecule has 1 amide bonds. The number of hydrogen-bond donors (Lipinski definition) is 1. The van der Waals surface area contributed by atoms with Crippen LogP contribution in [0.3, 0.4) is 0 Å². The largest absolute Gasteiger partial charge is 0.368 e. The quantitative estimate of drug-likeness (QED) is 0.924. The molecular weight excluding hydrogens is 262 g/mol. The lowest BCUT2D eigenvalue weighted by Gasteiger charge is -2.40. The molecule has 21 heavy (non-hydrogen) atoms. The predicted octanol–water partition coefficient (Wildman–Crippen LogP) is 2.16. The number of amides is 1. The molecule has 1 fully saturated rings. The first-order chi connectivity index (χ1) is 10.00. The maximum absolute atomic E-state index is 12.6. The number of piperazine rings is 1. The van der Waals surface area contributed by atoms with Gasteiger partial charge in [0.25, 0.3) is 0 Å². The van der Waals surface area contributed by atoms with E-state index >= 15 is 0 Å². The lowest BCUT2D eigenvalue weighted by Crippen LogP contribution is -2.59. The lowest BCUT2D eigenvalue weighted by molar-refractivity contribution is -0.137.